The Morgan fingerprint density at radius 2 is 1.85 bits per heavy atom. The van der Waals surface area contributed by atoms with E-state index in [4.69, 9.17) is 21.3 Å². The normalized spacial score (nSPS) is 25.3. The van der Waals surface area contributed by atoms with E-state index in [1.807, 2.05) is 53.6 Å². The van der Waals surface area contributed by atoms with Crippen molar-refractivity contribution in [3.8, 4) is 11.3 Å². The average Bonchev–Trinajstić information content (AvgIpc) is 3.48. The van der Waals surface area contributed by atoms with E-state index in [9.17, 15) is 9.59 Å². The molecule has 3 fully saturated rings. The van der Waals surface area contributed by atoms with E-state index in [0.717, 1.165) is 29.0 Å². The fourth-order valence-electron chi connectivity index (χ4n) is 5.76. The molecule has 176 valence electrons. The number of likely N-dealkylation sites (tertiary alicyclic amines) is 1. The first kappa shape index (κ1) is 21.8. The Kier molecular flexibility index (Phi) is 5.63. The summed E-state index contributed by atoms with van der Waals surface area (Å²) in [5, 5.41) is 0.694. The van der Waals surface area contributed by atoms with Crippen molar-refractivity contribution in [1.29, 1.82) is 0 Å². The zero-order valence-corrected chi connectivity index (χ0v) is 19.7. The molecule has 3 unspecified atom stereocenters. The lowest BCUT2D eigenvalue weighted by atomic mass is 9.88. The van der Waals surface area contributed by atoms with Crippen molar-refractivity contribution in [2.45, 2.75) is 37.9 Å². The minimum Gasteiger partial charge on any atom is -0.381 e. The van der Waals surface area contributed by atoms with Gasteiger partial charge in [0.15, 0.2) is 0 Å². The number of carbonyl (C=O) groups is 2. The van der Waals surface area contributed by atoms with Crippen molar-refractivity contribution < 1.29 is 14.3 Å². The molecule has 7 nitrogen and oxygen atoms in total. The molecule has 1 aromatic carbocycles. The van der Waals surface area contributed by atoms with Gasteiger partial charge in [-0.2, -0.15) is 0 Å². The quantitative estimate of drug-likeness (QED) is 0.574. The number of benzene rings is 1. The van der Waals surface area contributed by atoms with Crippen LogP contribution in [0.3, 0.4) is 0 Å². The number of piperazine rings is 1. The number of hydrogen-bond donors (Lipinski definition) is 0. The molecule has 3 atom stereocenters. The van der Waals surface area contributed by atoms with Crippen molar-refractivity contribution in [1.82, 2.24) is 19.2 Å². The van der Waals surface area contributed by atoms with Crippen LogP contribution in [0.5, 0.6) is 0 Å². The molecular formula is C26H27ClN4O3. The van der Waals surface area contributed by atoms with E-state index in [-0.39, 0.29) is 29.7 Å². The van der Waals surface area contributed by atoms with Crippen LogP contribution in [0.1, 0.15) is 25.0 Å². The van der Waals surface area contributed by atoms with E-state index in [1.54, 1.807) is 0 Å². The Labute approximate surface area is 203 Å². The second kappa shape index (κ2) is 8.80. The molecule has 0 N–H and O–H groups in total. The molecule has 34 heavy (non-hydrogen) atoms. The molecular weight excluding hydrogens is 452 g/mol. The molecule has 0 spiro atoms. The number of Topliss-reactive ketones (excluding diaryl/α,β-unsaturated/α-hetero) is 1. The van der Waals surface area contributed by atoms with Gasteiger partial charge in [0.1, 0.15) is 11.4 Å². The highest BCUT2D eigenvalue weighted by Gasteiger charge is 2.45. The number of imidazole rings is 1. The maximum atomic E-state index is 13.3. The lowest BCUT2D eigenvalue weighted by molar-refractivity contribution is -0.151. The van der Waals surface area contributed by atoms with Gasteiger partial charge in [0.25, 0.3) is 0 Å². The second-order valence-electron chi connectivity index (χ2n) is 9.60. The number of halogens is 1. The van der Waals surface area contributed by atoms with Crippen molar-refractivity contribution in [3.63, 3.8) is 0 Å². The third-order valence-electron chi connectivity index (χ3n) is 7.30. The van der Waals surface area contributed by atoms with Crippen LogP contribution in [0.2, 0.25) is 5.02 Å². The number of hydrogen-bond acceptors (Lipinski definition) is 5. The number of nitrogens with zero attached hydrogens (tertiary/aromatic N) is 4. The number of pyridine rings is 1. The predicted molar refractivity (Wildman–Crippen MR) is 129 cm³/mol. The van der Waals surface area contributed by atoms with E-state index in [0.29, 0.717) is 50.7 Å². The summed E-state index contributed by atoms with van der Waals surface area (Å²) in [5.74, 6) is 0.356. The molecule has 3 aliphatic rings. The molecule has 1 amide bonds. The molecule has 6 rings (SSSR count). The van der Waals surface area contributed by atoms with Gasteiger partial charge in [-0.05, 0) is 30.7 Å². The SMILES string of the molecule is O=C1CC2CN(Cc3c(-c4ccc(Cl)cc4)nc4ccccn34)CC(C1)N2C(=O)C1CCOC1. The molecule has 3 aromatic rings. The van der Waals surface area contributed by atoms with E-state index in [1.165, 1.54) is 0 Å². The molecule has 0 radical (unpaired) electrons. The summed E-state index contributed by atoms with van der Waals surface area (Å²) in [5.41, 5.74) is 3.96. The van der Waals surface area contributed by atoms with Crippen LogP contribution in [0.15, 0.2) is 48.7 Å². The summed E-state index contributed by atoms with van der Waals surface area (Å²) in [6.45, 7) is 3.20. The highest BCUT2D eigenvalue weighted by molar-refractivity contribution is 6.30. The van der Waals surface area contributed by atoms with Crippen molar-refractivity contribution >= 4 is 28.9 Å². The monoisotopic (exact) mass is 478 g/mol. The van der Waals surface area contributed by atoms with Crippen molar-refractivity contribution in [3.05, 3.63) is 59.4 Å². The fourth-order valence-corrected chi connectivity index (χ4v) is 5.88. The van der Waals surface area contributed by atoms with Crippen LogP contribution < -0.4 is 0 Å². The zero-order valence-electron chi connectivity index (χ0n) is 18.9. The average molecular weight is 479 g/mol. The number of ketones is 1. The lowest BCUT2D eigenvalue weighted by Crippen LogP contribution is -2.64. The summed E-state index contributed by atoms with van der Waals surface area (Å²) >= 11 is 6.12. The maximum absolute atomic E-state index is 13.3. The van der Waals surface area contributed by atoms with Crippen LogP contribution in [0.4, 0.5) is 0 Å². The summed E-state index contributed by atoms with van der Waals surface area (Å²) in [6, 6.07) is 13.6. The van der Waals surface area contributed by atoms with Crippen LogP contribution >= 0.6 is 11.6 Å². The Hall–Kier alpha value is -2.74. The van der Waals surface area contributed by atoms with Crippen molar-refractivity contribution in [2.24, 2.45) is 5.92 Å². The second-order valence-corrected chi connectivity index (χ2v) is 10.0. The number of carbonyl (C=O) groups excluding carboxylic acids is 2. The number of fused-ring (bicyclic) bond motifs is 3. The van der Waals surface area contributed by atoms with Gasteiger partial charge >= 0.3 is 0 Å². The Bertz CT molecular complexity index is 1220. The minimum absolute atomic E-state index is 0.0694. The summed E-state index contributed by atoms with van der Waals surface area (Å²) in [4.78, 5) is 35.0. The van der Waals surface area contributed by atoms with E-state index >= 15 is 0 Å². The van der Waals surface area contributed by atoms with Gasteiger partial charge in [-0.1, -0.05) is 29.8 Å². The molecule has 5 heterocycles. The van der Waals surface area contributed by atoms with Gasteiger partial charge in [0, 0.05) is 55.9 Å². The third-order valence-corrected chi connectivity index (χ3v) is 7.56. The first-order valence-corrected chi connectivity index (χ1v) is 12.3. The van der Waals surface area contributed by atoms with Crippen LogP contribution in [-0.2, 0) is 20.9 Å². The summed E-state index contributed by atoms with van der Waals surface area (Å²) < 4.78 is 7.60. The molecule has 2 aromatic heterocycles. The predicted octanol–water partition coefficient (Wildman–Crippen LogP) is 3.44. The number of aromatic nitrogens is 2. The van der Waals surface area contributed by atoms with E-state index in [2.05, 4.69) is 9.30 Å². The number of amides is 1. The largest absolute Gasteiger partial charge is 0.381 e. The number of piperidine rings is 1. The Balaban J connectivity index is 1.30. The topological polar surface area (TPSA) is 67.2 Å². The first-order valence-electron chi connectivity index (χ1n) is 11.9. The standard InChI is InChI=1S/C26H27ClN4O3/c27-19-6-4-17(5-7-19)25-23(30-9-2-1-3-24(30)28-25)15-29-13-20-11-22(32)12-21(14-29)31(20)26(33)18-8-10-34-16-18/h1-7,9,18,20-21H,8,10-16H2. The maximum Gasteiger partial charge on any atom is 0.228 e. The van der Waals surface area contributed by atoms with Gasteiger partial charge in [-0.15, -0.1) is 0 Å². The lowest BCUT2D eigenvalue weighted by Gasteiger charge is -2.50. The fraction of sp³-hybridized carbons (Fsp3) is 0.423. The van der Waals surface area contributed by atoms with Gasteiger partial charge in [-0.3, -0.25) is 14.5 Å². The number of ether oxygens (including phenoxy) is 1. The highest BCUT2D eigenvalue weighted by Crippen LogP contribution is 2.33. The van der Waals surface area contributed by atoms with Crippen LogP contribution in [-0.4, -0.2) is 69.3 Å². The molecule has 0 aliphatic carbocycles. The molecule has 8 heteroatoms. The van der Waals surface area contributed by atoms with Crippen LogP contribution in [0, 0.1) is 5.92 Å². The molecule has 3 saturated heterocycles. The highest BCUT2D eigenvalue weighted by atomic mass is 35.5. The smallest absolute Gasteiger partial charge is 0.228 e. The van der Waals surface area contributed by atoms with E-state index < -0.39 is 0 Å². The number of rotatable bonds is 4. The summed E-state index contributed by atoms with van der Waals surface area (Å²) in [6.07, 6.45) is 3.69. The molecule has 3 aliphatic heterocycles. The molecule has 2 bridgehead atoms. The van der Waals surface area contributed by atoms with Gasteiger partial charge in [0.05, 0.1) is 36.0 Å². The Morgan fingerprint density at radius 3 is 2.56 bits per heavy atom. The van der Waals surface area contributed by atoms with Crippen molar-refractivity contribution in [2.75, 3.05) is 26.3 Å². The Morgan fingerprint density at radius 1 is 1.09 bits per heavy atom. The van der Waals surface area contributed by atoms with Gasteiger partial charge in [-0.25, -0.2) is 4.98 Å². The first-order chi connectivity index (χ1) is 16.6. The molecule has 0 saturated carbocycles. The van der Waals surface area contributed by atoms with Gasteiger partial charge < -0.3 is 14.0 Å². The van der Waals surface area contributed by atoms with Gasteiger partial charge in [0.2, 0.25) is 5.91 Å². The van der Waals surface area contributed by atoms with Crippen LogP contribution in [0.25, 0.3) is 16.9 Å². The summed E-state index contributed by atoms with van der Waals surface area (Å²) in [7, 11) is 0. The third kappa shape index (κ3) is 3.91. The zero-order chi connectivity index (χ0) is 23.2. The minimum atomic E-state index is -0.0775.